The summed E-state index contributed by atoms with van der Waals surface area (Å²) in [5.74, 6) is 0. The average Bonchev–Trinajstić information content (AvgIpc) is 2.80. The predicted molar refractivity (Wildman–Crippen MR) is 145 cm³/mol. The number of nitro groups is 1. The van der Waals surface area contributed by atoms with Crippen LogP contribution in [0.15, 0.2) is 53.4 Å². The minimum atomic E-state index is -4.69. The Bertz CT molecular complexity index is 1010. The van der Waals surface area contributed by atoms with E-state index in [2.05, 4.69) is 51.4 Å². The van der Waals surface area contributed by atoms with Gasteiger partial charge in [-0.2, -0.15) is 0 Å². The van der Waals surface area contributed by atoms with E-state index in [1.807, 2.05) is 0 Å². The number of unbranched alkanes of at least 4 members (excludes halogenated alkanes) is 9. The Morgan fingerprint density at radius 1 is 0.861 bits per heavy atom. The van der Waals surface area contributed by atoms with E-state index in [-0.39, 0.29) is 5.02 Å². The first kappa shape index (κ1) is 32.0. The number of benzene rings is 2. The molecule has 7 nitrogen and oxygen atoms in total. The Labute approximate surface area is 222 Å². The summed E-state index contributed by atoms with van der Waals surface area (Å²) >= 11 is 5.40. The van der Waals surface area contributed by atoms with Crippen LogP contribution in [0.3, 0.4) is 0 Å². The summed E-state index contributed by atoms with van der Waals surface area (Å²) in [6, 6.07) is 13.4. The zero-order valence-corrected chi connectivity index (χ0v) is 23.4. The Balaban J connectivity index is 0.000000397. The highest BCUT2D eigenvalue weighted by molar-refractivity contribution is 7.85. The first-order chi connectivity index (χ1) is 17.0. The monoisotopic (exact) mass is 540 g/mol. The zero-order valence-electron chi connectivity index (χ0n) is 21.8. The zero-order chi connectivity index (χ0) is 27.0. The van der Waals surface area contributed by atoms with Crippen LogP contribution in [0.2, 0.25) is 5.02 Å². The van der Waals surface area contributed by atoms with Gasteiger partial charge in [0.2, 0.25) is 0 Å². The summed E-state index contributed by atoms with van der Waals surface area (Å²) in [6.45, 7) is 4.74. The van der Waals surface area contributed by atoms with E-state index in [1.165, 1.54) is 76.3 Å². The lowest BCUT2D eigenvalue weighted by Crippen LogP contribution is -2.39. The van der Waals surface area contributed by atoms with Crippen LogP contribution in [0, 0.1) is 10.1 Å². The molecule has 0 N–H and O–H groups in total. The lowest BCUT2D eigenvalue weighted by molar-refractivity contribution is -0.903. The third kappa shape index (κ3) is 13.9. The highest BCUT2D eigenvalue weighted by Crippen LogP contribution is 2.26. The molecule has 202 valence electrons. The summed E-state index contributed by atoms with van der Waals surface area (Å²) in [7, 11) is 0.0350. The number of nitro benzene ring substituents is 1. The minimum Gasteiger partial charge on any atom is -0.744 e. The van der Waals surface area contributed by atoms with Crippen LogP contribution in [0.1, 0.15) is 76.7 Å². The van der Waals surface area contributed by atoms with E-state index < -0.39 is 25.6 Å². The number of hydrogen-bond donors (Lipinski definition) is 0. The first-order valence-corrected chi connectivity index (χ1v) is 14.5. The molecule has 2 aromatic rings. The summed E-state index contributed by atoms with van der Waals surface area (Å²) in [6.07, 6.45) is 14.2. The maximum atomic E-state index is 10.5. The molecule has 0 fully saturated rings. The van der Waals surface area contributed by atoms with Crippen LogP contribution in [0.5, 0.6) is 0 Å². The second-order valence-electron chi connectivity index (χ2n) is 9.81. The van der Waals surface area contributed by atoms with Gasteiger partial charge in [0.1, 0.15) is 21.7 Å². The molecule has 0 aromatic heterocycles. The third-order valence-corrected chi connectivity index (χ3v) is 7.12. The number of quaternary nitrogens is 1. The van der Waals surface area contributed by atoms with Crippen LogP contribution in [0.25, 0.3) is 0 Å². The van der Waals surface area contributed by atoms with Gasteiger partial charge >= 0.3 is 0 Å². The maximum absolute atomic E-state index is 10.5. The van der Waals surface area contributed by atoms with Crippen LogP contribution >= 0.6 is 11.6 Å². The van der Waals surface area contributed by atoms with Gasteiger partial charge in [-0.3, -0.25) is 10.1 Å². The molecule has 0 heterocycles. The Kier molecular flexibility index (Phi) is 14.8. The molecule has 0 radical (unpaired) electrons. The molecule has 2 aromatic carbocycles. The molecule has 0 amide bonds. The largest absolute Gasteiger partial charge is 0.744 e. The van der Waals surface area contributed by atoms with E-state index in [4.69, 9.17) is 11.6 Å². The first-order valence-electron chi connectivity index (χ1n) is 12.7. The van der Waals surface area contributed by atoms with Crippen molar-refractivity contribution < 1.29 is 22.4 Å². The molecule has 0 aliphatic rings. The van der Waals surface area contributed by atoms with Gasteiger partial charge in [-0.1, -0.05) is 100 Å². The van der Waals surface area contributed by atoms with Gasteiger partial charge in [-0.05, 0) is 25.0 Å². The molecule has 0 bridgehead atoms. The van der Waals surface area contributed by atoms with E-state index in [0.717, 1.165) is 23.2 Å². The second kappa shape index (κ2) is 16.7. The molecule has 0 saturated heterocycles. The summed E-state index contributed by atoms with van der Waals surface area (Å²) in [4.78, 5) is 8.79. The molecule has 9 heteroatoms. The maximum Gasteiger partial charge on any atom is 0.289 e. The topological polar surface area (TPSA) is 100 Å². The van der Waals surface area contributed by atoms with E-state index in [0.29, 0.717) is 6.07 Å². The minimum absolute atomic E-state index is 0.220. The Hall–Kier alpha value is -2.00. The van der Waals surface area contributed by atoms with Crippen molar-refractivity contribution in [2.45, 2.75) is 82.6 Å². The van der Waals surface area contributed by atoms with E-state index >= 15 is 0 Å². The quantitative estimate of drug-likeness (QED) is 0.0773. The van der Waals surface area contributed by atoms with Gasteiger partial charge in [0.25, 0.3) is 5.69 Å². The summed E-state index contributed by atoms with van der Waals surface area (Å²) in [5, 5.41) is 10.1. The lowest BCUT2D eigenvalue weighted by atomic mass is 10.1. The highest BCUT2D eigenvalue weighted by atomic mass is 35.5. The van der Waals surface area contributed by atoms with Crippen molar-refractivity contribution in [2.75, 3.05) is 20.6 Å². The van der Waals surface area contributed by atoms with E-state index in [1.54, 1.807) is 0 Å². The third-order valence-electron chi connectivity index (χ3n) is 5.97. The molecule has 0 atom stereocenters. The molecule has 0 spiro atoms. The average molecular weight is 541 g/mol. The summed E-state index contributed by atoms with van der Waals surface area (Å²) < 4.78 is 32.6. The van der Waals surface area contributed by atoms with Gasteiger partial charge < -0.3 is 9.04 Å². The van der Waals surface area contributed by atoms with Crippen molar-refractivity contribution in [2.24, 2.45) is 0 Å². The molecular formula is C27H41ClN2O5S. The van der Waals surface area contributed by atoms with E-state index in [9.17, 15) is 23.1 Å². The number of nitrogens with zero attached hydrogens (tertiary/aromatic N) is 2. The molecule has 0 aliphatic carbocycles. The van der Waals surface area contributed by atoms with Gasteiger partial charge in [0.05, 0.1) is 30.5 Å². The van der Waals surface area contributed by atoms with Crippen molar-refractivity contribution in [3.05, 3.63) is 69.2 Å². The van der Waals surface area contributed by atoms with Gasteiger partial charge in [0, 0.05) is 11.6 Å². The molecule has 36 heavy (non-hydrogen) atoms. The second-order valence-corrected chi connectivity index (χ2v) is 11.6. The highest BCUT2D eigenvalue weighted by Gasteiger charge is 2.15. The fraction of sp³-hybridized carbons (Fsp3) is 0.556. The fourth-order valence-electron chi connectivity index (χ4n) is 3.97. The van der Waals surface area contributed by atoms with Crippen molar-refractivity contribution in [1.82, 2.24) is 0 Å². The normalized spacial score (nSPS) is 11.6. The number of halogens is 1. The molecular weight excluding hydrogens is 500 g/mol. The van der Waals surface area contributed by atoms with Crippen LogP contribution in [-0.4, -0.2) is 43.0 Å². The van der Waals surface area contributed by atoms with Crippen molar-refractivity contribution in [3.63, 3.8) is 0 Å². The fourth-order valence-corrected chi connectivity index (χ4v) is 4.65. The predicted octanol–water partition coefficient (Wildman–Crippen LogP) is 7.34. The van der Waals surface area contributed by atoms with Crippen LogP contribution < -0.4 is 0 Å². The lowest BCUT2D eigenvalue weighted by Gasteiger charge is -2.30. The van der Waals surface area contributed by atoms with Crippen molar-refractivity contribution in [1.29, 1.82) is 0 Å². The van der Waals surface area contributed by atoms with Crippen LogP contribution in [0.4, 0.5) is 5.69 Å². The van der Waals surface area contributed by atoms with Crippen molar-refractivity contribution >= 4 is 27.4 Å². The van der Waals surface area contributed by atoms with Gasteiger partial charge in [0.15, 0.2) is 0 Å². The smallest absolute Gasteiger partial charge is 0.289 e. The standard InChI is InChI=1S/C21H38N.C6H4ClNO5S/c1-4-5-6-7-8-9-10-11-12-16-19-22(2,3)20-21-17-14-13-15-18-21;7-5-2-1-4(14(11,12)13)3-6(5)8(9)10/h13-15,17-18H,4-12,16,19-20H2,1-3H3;1-3H,(H,11,12,13)/q+1;/p-1. The molecule has 0 saturated carbocycles. The molecule has 0 aliphatic heterocycles. The SMILES string of the molecule is CCCCCCCCCCCC[N+](C)(C)Cc1ccccc1.O=[N+]([O-])c1cc(S(=O)(=O)[O-])ccc1Cl. The summed E-state index contributed by atoms with van der Waals surface area (Å²) in [5.41, 5.74) is 0.850. The molecule has 2 rings (SSSR count). The number of hydrogen-bond acceptors (Lipinski definition) is 5. The van der Waals surface area contributed by atoms with Crippen molar-refractivity contribution in [3.8, 4) is 0 Å². The Morgan fingerprint density at radius 3 is 1.89 bits per heavy atom. The number of rotatable bonds is 15. The van der Waals surface area contributed by atoms with Gasteiger partial charge in [-0.15, -0.1) is 0 Å². The van der Waals surface area contributed by atoms with Gasteiger partial charge in [-0.25, -0.2) is 8.42 Å². The van der Waals surface area contributed by atoms with Crippen LogP contribution in [-0.2, 0) is 16.7 Å². The Morgan fingerprint density at radius 2 is 1.39 bits per heavy atom. The molecule has 0 unspecified atom stereocenters.